The molecule has 150 valence electrons. The largest absolute Gasteiger partial charge is 0.325 e. The number of nitrogens with one attached hydrogen (secondary N) is 1. The van der Waals surface area contributed by atoms with Crippen molar-refractivity contribution in [3.05, 3.63) is 24.3 Å². The fourth-order valence-electron chi connectivity index (χ4n) is 4.61. The molecular formula is C21H27N3O3S. The third kappa shape index (κ3) is 3.19. The number of rotatable bonds is 2. The molecule has 1 saturated carbocycles. The van der Waals surface area contributed by atoms with Crippen molar-refractivity contribution in [1.29, 1.82) is 0 Å². The lowest BCUT2D eigenvalue weighted by Gasteiger charge is -2.36. The standard InChI is InChI=1S/C21H27N3O3S/c1-14-7-5-6-11-21(14)19(26)24(20(27)22-21)13-18(25)23-12-10-15(2)28-17-9-4-3-8-16(17)23/h3-4,8-9,14-15H,5-7,10-13H2,1-2H3,(H,22,27)/t14-,15-,21+/m1/s1. The quantitative estimate of drug-likeness (QED) is 0.771. The summed E-state index contributed by atoms with van der Waals surface area (Å²) in [7, 11) is 0. The number of fused-ring (bicyclic) bond motifs is 1. The van der Waals surface area contributed by atoms with E-state index >= 15 is 0 Å². The van der Waals surface area contributed by atoms with Crippen LogP contribution in [0.4, 0.5) is 10.5 Å². The van der Waals surface area contributed by atoms with Gasteiger partial charge in [-0.3, -0.25) is 14.5 Å². The molecule has 1 aromatic carbocycles. The van der Waals surface area contributed by atoms with Crippen molar-refractivity contribution in [2.45, 2.75) is 61.6 Å². The van der Waals surface area contributed by atoms with Crippen molar-refractivity contribution >= 4 is 35.3 Å². The monoisotopic (exact) mass is 401 g/mol. The van der Waals surface area contributed by atoms with Gasteiger partial charge >= 0.3 is 6.03 Å². The number of anilines is 1. The Morgan fingerprint density at radius 2 is 2.00 bits per heavy atom. The predicted molar refractivity (Wildman–Crippen MR) is 109 cm³/mol. The number of imide groups is 1. The Balaban J connectivity index is 1.55. The van der Waals surface area contributed by atoms with Gasteiger partial charge < -0.3 is 10.2 Å². The molecule has 1 aliphatic carbocycles. The van der Waals surface area contributed by atoms with E-state index in [0.29, 0.717) is 18.2 Å². The maximum Gasteiger partial charge on any atom is 0.325 e. The van der Waals surface area contributed by atoms with Gasteiger partial charge in [0.1, 0.15) is 12.1 Å². The molecule has 3 atom stereocenters. The van der Waals surface area contributed by atoms with Crippen LogP contribution in [0, 0.1) is 5.92 Å². The Morgan fingerprint density at radius 1 is 1.21 bits per heavy atom. The van der Waals surface area contributed by atoms with Crippen molar-refractivity contribution in [2.24, 2.45) is 5.92 Å². The molecular weight excluding hydrogens is 374 g/mol. The average Bonchev–Trinajstić information content (AvgIpc) is 2.81. The Kier molecular flexibility index (Phi) is 5.12. The lowest BCUT2D eigenvalue weighted by Crippen LogP contribution is -2.54. The first-order valence-electron chi connectivity index (χ1n) is 10.1. The zero-order valence-corrected chi connectivity index (χ0v) is 17.3. The second-order valence-electron chi connectivity index (χ2n) is 8.17. The molecule has 1 aromatic rings. The van der Waals surface area contributed by atoms with E-state index in [-0.39, 0.29) is 24.3 Å². The summed E-state index contributed by atoms with van der Waals surface area (Å²) in [6, 6.07) is 7.42. The fraction of sp³-hybridized carbons (Fsp3) is 0.571. The summed E-state index contributed by atoms with van der Waals surface area (Å²) in [6.07, 6.45) is 4.44. The lowest BCUT2D eigenvalue weighted by atomic mass is 9.73. The Bertz CT molecular complexity index is 814. The minimum atomic E-state index is -0.823. The molecule has 0 radical (unpaired) electrons. The molecule has 7 heteroatoms. The van der Waals surface area contributed by atoms with Gasteiger partial charge in [-0.2, -0.15) is 0 Å². The number of thioether (sulfide) groups is 1. The number of para-hydroxylation sites is 1. The van der Waals surface area contributed by atoms with Crippen molar-refractivity contribution in [3.8, 4) is 0 Å². The Morgan fingerprint density at radius 3 is 2.79 bits per heavy atom. The number of hydrogen-bond donors (Lipinski definition) is 1. The molecule has 1 spiro atoms. The van der Waals surface area contributed by atoms with Crippen LogP contribution in [0.3, 0.4) is 0 Å². The van der Waals surface area contributed by atoms with E-state index in [1.165, 1.54) is 0 Å². The van der Waals surface area contributed by atoms with Gasteiger partial charge in [-0.15, -0.1) is 11.8 Å². The molecule has 4 rings (SSSR count). The molecule has 0 bridgehead atoms. The van der Waals surface area contributed by atoms with Crippen LogP contribution in [0.15, 0.2) is 29.2 Å². The topological polar surface area (TPSA) is 69.7 Å². The molecule has 3 aliphatic rings. The summed E-state index contributed by atoms with van der Waals surface area (Å²) in [5.41, 5.74) is 0.0473. The van der Waals surface area contributed by atoms with Crippen LogP contribution in [0.5, 0.6) is 0 Å². The van der Waals surface area contributed by atoms with Crippen LogP contribution in [-0.2, 0) is 9.59 Å². The van der Waals surface area contributed by atoms with E-state index in [1.54, 1.807) is 16.7 Å². The van der Waals surface area contributed by atoms with E-state index in [1.807, 2.05) is 31.2 Å². The van der Waals surface area contributed by atoms with Gasteiger partial charge in [0.05, 0.1) is 5.69 Å². The van der Waals surface area contributed by atoms with Gasteiger partial charge in [0.15, 0.2) is 0 Å². The fourth-order valence-corrected chi connectivity index (χ4v) is 5.72. The molecule has 1 saturated heterocycles. The number of nitrogens with zero attached hydrogens (tertiary/aromatic N) is 2. The van der Waals surface area contributed by atoms with Gasteiger partial charge in [-0.05, 0) is 37.3 Å². The molecule has 2 aliphatic heterocycles. The summed E-state index contributed by atoms with van der Waals surface area (Å²) in [6.45, 7) is 4.56. The highest BCUT2D eigenvalue weighted by atomic mass is 32.2. The zero-order valence-electron chi connectivity index (χ0n) is 16.4. The summed E-state index contributed by atoms with van der Waals surface area (Å²) in [5, 5.41) is 3.33. The number of carbonyl (C=O) groups is 3. The van der Waals surface area contributed by atoms with Crippen molar-refractivity contribution in [2.75, 3.05) is 18.0 Å². The van der Waals surface area contributed by atoms with E-state index in [0.717, 1.165) is 41.2 Å². The number of benzene rings is 1. The predicted octanol–water partition coefficient (Wildman–Crippen LogP) is 3.40. The average molecular weight is 402 g/mol. The van der Waals surface area contributed by atoms with Gasteiger partial charge in [0, 0.05) is 16.7 Å². The highest BCUT2D eigenvalue weighted by Crippen LogP contribution is 2.39. The number of carbonyl (C=O) groups excluding carboxylic acids is 3. The molecule has 4 amide bonds. The Hall–Kier alpha value is -2.02. The summed E-state index contributed by atoms with van der Waals surface area (Å²) >= 11 is 1.76. The van der Waals surface area contributed by atoms with Crippen molar-refractivity contribution in [1.82, 2.24) is 10.2 Å². The third-order valence-electron chi connectivity index (χ3n) is 6.34. The summed E-state index contributed by atoms with van der Waals surface area (Å²) in [5.74, 6) is -0.343. The van der Waals surface area contributed by atoms with Gasteiger partial charge in [-0.1, -0.05) is 38.8 Å². The van der Waals surface area contributed by atoms with Crippen molar-refractivity contribution in [3.63, 3.8) is 0 Å². The normalized spacial score (nSPS) is 30.2. The molecule has 0 aromatic heterocycles. The molecule has 28 heavy (non-hydrogen) atoms. The number of amides is 4. The zero-order chi connectivity index (χ0) is 19.9. The molecule has 2 fully saturated rings. The van der Waals surface area contributed by atoms with Crippen LogP contribution >= 0.6 is 11.8 Å². The summed E-state index contributed by atoms with van der Waals surface area (Å²) in [4.78, 5) is 42.9. The molecule has 6 nitrogen and oxygen atoms in total. The van der Waals surface area contributed by atoms with Crippen LogP contribution in [-0.4, -0.2) is 46.6 Å². The van der Waals surface area contributed by atoms with E-state index in [9.17, 15) is 14.4 Å². The second-order valence-corrected chi connectivity index (χ2v) is 9.65. The van der Waals surface area contributed by atoms with Crippen molar-refractivity contribution < 1.29 is 14.4 Å². The highest BCUT2D eigenvalue weighted by molar-refractivity contribution is 8.00. The second kappa shape index (κ2) is 7.43. The maximum atomic E-state index is 13.2. The van der Waals surface area contributed by atoms with Crippen LogP contribution < -0.4 is 10.2 Å². The number of hydrogen-bond acceptors (Lipinski definition) is 4. The van der Waals surface area contributed by atoms with E-state index in [2.05, 4.69) is 12.2 Å². The van der Waals surface area contributed by atoms with Crippen LogP contribution in [0.1, 0.15) is 46.0 Å². The smallest absolute Gasteiger partial charge is 0.323 e. The molecule has 0 unspecified atom stereocenters. The minimum Gasteiger partial charge on any atom is -0.323 e. The Labute approximate surface area is 170 Å². The summed E-state index contributed by atoms with van der Waals surface area (Å²) < 4.78 is 0. The number of urea groups is 1. The van der Waals surface area contributed by atoms with Gasteiger partial charge in [0.2, 0.25) is 5.91 Å². The first kappa shape index (κ1) is 19.3. The minimum absolute atomic E-state index is 0.0916. The first-order valence-corrected chi connectivity index (χ1v) is 11.0. The van der Waals surface area contributed by atoms with E-state index in [4.69, 9.17) is 0 Å². The van der Waals surface area contributed by atoms with Crippen LogP contribution in [0.25, 0.3) is 0 Å². The molecule has 2 heterocycles. The van der Waals surface area contributed by atoms with Gasteiger partial charge in [-0.25, -0.2) is 4.79 Å². The van der Waals surface area contributed by atoms with Crippen LogP contribution in [0.2, 0.25) is 0 Å². The first-order chi connectivity index (χ1) is 13.4. The highest BCUT2D eigenvalue weighted by Gasteiger charge is 2.55. The van der Waals surface area contributed by atoms with E-state index < -0.39 is 11.6 Å². The SMILES string of the molecule is C[C@@H]1CCN(C(=O)CN2C(=O)N[C@]3(CCCC[C@H]3C)C2=O)c2ccccc2S1. The van der Waals surface area contributed by atoms with Gasteiger partial charge in [0.25, 0.3) is 5.91 Å². The molecule has 1 N–H and O–H groups in total. The maximum absolute atomic E-state index is 13.2. The lowest BCUT2D eigenvalue weighted by molar-refractivity contribution is -0.136. The third-order valence-corrected chi connectivity index (χ3v) is 7.58.